The average molecular weight is 386 g/mol. The molecular weight excluding hydrogens is 364 g/mol. The second-order valence-corrected chi connectivity index (χ2v) is 6.04. The minimum absolute atomic E-state index is 0.119. The highest BCUT2D eigenvalue weighted by Crippen LogP contribution is 2.16. The molecule has 0 saturated carbocycles. The van der Waals surface area contributed by atoms with Gasteiger partial charge in [0.1, 0.15) is 6.04 Å². The zero-order valence-corrected chi connectivity index (χ0v) is 15.5. The van der Waals surface area contributed by atoms with E-state index in [9.17, 15) is 14.4 Å². The summed E-state index contributed by atoms with van der Waals surface area (Å²) in [5, 5.41) is 23.7. The van der Waals surface area contributed by atoms with Crippen LogP contribution in [0.1, 0.15) is 34.6 Å². The molecule has 0 unspecified atom stereocenters. The van der Waals surface area contributed by atoms with Crippen LogP contribution in [0.5, 0.6) is 0 Å². The van der Waals surface area contributed by atoms with E-state index in [0.717, 1.165) is 0 Å². The van der Waals surface area contributed by atoms with Gasteiger partial charge in [-0.3, -0.25) is 4.79 Å². The van der Waals surface area contributed by atoms with E-state index in [-0.39, 0.29) is 17.0 Å². The van der Waals surface area contributed by atoms with Gasteiger partial charge in [-0.1, -0.05) is 0 Å². The van der Waals surface area contributed by atoms with Crippen molar-refractivity contribution in [2.45, 2.75) is 26.0 Å². The standard InChI is InChI=1S/C20H22N2O6/c1-3-28-12(2)17(21-15-8-4-13(5-9-15)19(24)25)18(23)22-16-10-6-14(7-11-16)20(26)27/h4-12,17,21H,3H2,1-2H3,(H,22,23)(H,24,25)(H,26,27)/t12-,17+/m1/s1. The van der Waals surface area contributed by atoms with Gasteiger partial charge in [0.25, 0.3) is 0 Å². The van der Waals surface area contributed by atoms with Crippen LogP contribution in [0, 0.1) is 0 Å². The van der Waals surface area contributed by atoms with Crippen LogP contribution in [0.25, 0.3) is 0 Å². The highest BCUT2D eigenvalue weighted by Gasteiger charge is 2.26. The minimum atomic E-state index is -1.05. The molecule has 8 heteroatoms. The molecule has 28 heavy (non-hydrogen) atoms. The van der Waals surface area contributed by atoms with Crippen LogP contribution in [0.15, 0.2) is 48.5 Å². The topological polar surface area (TPSA) is 125 Å². The Bertz CT molecular complexity index is 833. The first-order valence-corrected chi connectivity index (χ1v) is 8.67. The van der Waals surface area contributed by atoms with Crippen molar-refractivity contribution in [3.63, 3.8) is 0 Å². The van der Waals surface area contributed by atoms with Gasteiger partial charge >= 0.3 is 11.9 Å². The lowest BCUT2D eigenvalue weighted by Crippen LogP contribution is -2.44. The molecule has 0 radical (unpaired) electrons. The number of nitrogens with one attached hydrogen (secondary N) is 2. The number of ether oxygens (including phenoxy) is 1. The number of aromatic carboxylic acids is 2. The Hall–Kier alpha value is -3.39. The summed E-state index contributed by atoms with van der Waals surface area (Å²) in [6, 6.07) is 11.1. The molecule has 0 aliphatic heterocycles. The van der Waals surface area contributed by atoms with Crippen LogP contribution in [-0.2, 0) is 9.53 Å². The molecule has 4 N–H and O–H groups in total. The molecule has 0 aromatic heterocycles. The molecule has 2 aromatic rings. The zero-order chi connectivity index (χ0) is 20.7. The van der Waals surface area contributed by atoms with Crippen LogP contribution >= 0.6 is 0 Å². The maximum Gasteiger partial charge on any atom is 0.335 e. The predicted molar refractivity (Wildman–Crippen MR) is 104 cm³/mol. The number of hydrogen-bond acceptors (Lipinski definition) is 5. The third-order valence-corrected chi connectivity index (χ3v) is 4.03. The number of carboxylic acid groups (broad SMARTS) is 2. The normalized spacial score (nSPS) is 12.6. The fourth-order valence-electron chi connectivity index (χ4n) is 2.56. The summed E-state index contributed by atoms with van der Waals surface area (Å²) in [6.45, 7) is 3.98. The summed E-state index contributed by atoms with van der Waals surface area (Å²) in [4.78, 5) is 34.6. The molecule has 0 aliphatic carbocycles. The lowest BCUT2D eigenvalue weighted by atomic mass is 10.1. The second-order valence-electron chi connectivity index (χ2n) is 6.04. The van der Waals surface area contributed by atoms with E-state index < -0.39 is 24.1 Å². The number of carboxylic acids is 2. The maximum atomic E-state index is 12.8. The van der Waals surface area contributed by atoms with Gasteiger partial charge in [0.15, 0.2) is 0 Å². The van der Waals surface area contributed by atoms with Crippen molar-refractivity contribution in [2.75, 3.05) is 17.2 Å². The molecule has 148 valence electrons. The largest absolute Gasteiger partial charge is 0.478 e. The Kier molecular flexibility index (Phi) is 7.11. The Morgan fingerprint density at radius 2 is 1.36 bits per heavy atom. The molecule has 2 rings (SSSR count). The molecule has 0 spiro atoms. The van der Waals surface area contributed by atoms with E-state index in [1.54, 1.807) is 19.1 Å². The fraction of sp³-hybridized carbons (Fsp3) is 0.250. The molecule has 0 bridgehead atoms. The summed E-state index contributed by atoms with van der Waals surface area (Å²) in [7, 11) is 0. The van der Waals surface area contributed by atoms with E-state index in [2.05, 4.69) is 10.6 Å². The molecule has 0 fully saturated rings. The quantitative estimate of drug-likeness (QED) is 0.522. The van der Waals surface area contributed by atoms with E-state index >= 15 is 0 Å². The number of anilines is 2. The molecule has 2 atom stereocenters. The Morgan fingerprint density at radius 3 is 1.79 bits per heavy atom. The summed E-state index contributed by atoms with van der Waals surface area (Å²) >= 11 is 0. The van der Waals surface area contributed by atoms with Crippen molar-refractivity contribution in [3.05, 3.63) is 59.7 Å². The summed E-state index contributed by atoms with van der Waals surface area (Å²) in [5.41, 5.74) is 1.28. The predicted octanol–water partition coefficient (Wildman–Crippen LogP) is 2.93. The average Bonchev–Trinajstić information content (AvgIpc) is 2.66. The van der Waals surface area contributed by atoms with Crippen molar-refractivity contribution >= 4 is 29.2 Å². The van der Waals surface area contributed by atoms with E-state index in [4.69, 9.17) is 14.9 Å². The fourth-order valence-corrected chi connectivity index (χ4v) is 2.56. The van der Waals surface area contributed by atoms with Gasteiger partial charge in [-0.2, -0.15) is 0 Å². The number of carbonyl (C=O) groups is 3. The van der Waals surface area contributed by atoms with Crippen molar-refractivity contribution in [1.82, 2.24) is 0 Å². The van der Waals surface area contributed by atoms with Crippen LogP contribution in [0.3, 0.4) is 0 Å². The first-order valence-electron chi connectivity index (χ1n) is 8.67. The van der Waals surface area contributed by atoms with Gasteiger partial charge in [-0.05, 0) is 62.4 Å². The zero-order valence-electron chi connectivity index (χ0n) is 15.5. The smallest absolute Gasteiger partial charge is 0.335 e. The van der Waals surface area contributed by atoms with Crippen molar-refractivity contribution in [2.24, 2.45) is 0 Å². The third kappa shape index (κ3) is 5.55. The van der Waals surface area contributed by atoms with E-state index in [0.29, 0.717) is 18.0 Å². The molecule has 0 heterocycles. The number of amides is 1. The van der Waals surface area contributed by atoms with Gasteiger partial charge in [-0.25, -0.2) is 9.59 Å². The molecule has 0 saturated heterocycles. The molecular formula is C20H22N2O6. The molecule has 1 amide bonds. The van der Waals surface area contributed by atoms with Crippen LogP contribution in [-0.4, -0.2) is 46.8 Å². The minimum Gasteiger partial charge on any atom is -0.478 e. The number of hydrogen-bond donors (Lipinski definition) is 4. The highest BCUT2D eigenvalue weighted by atomic mass is 16.5. The van der Waals surface area contributed by atoms with Crippen LogP contribution in [0.2, 0.25) is 0 Å². The van der Waals surface area contributed by atoms with Gasteiger partial charge < -0.3 is 25.6 Å². The molecule has 2 aromatic carbocycles. The lowest BCUT2D eigenvalue weighted by molar-refractivity contribution is -0.119. The van der Waals surface area contributed by atoms with Crippen molar-refractivity contribution < 1.29 is 29.3 Å². The van der Waals surface area contributed by atoms with Crippen LogP contribution < -0.4 is 10.6 Å². The number of benzene rings is 2. The van der Waals surface area contributed by atoms with E-state index in [1.807, 2.05) is 6.92 Å². The van der Waals surface area contributed by atoms with E-state index in [1.165, 1.54) is 36.4 Å². The summed E-state index contributed by atoms with van der Waals surface area (Å²) in [6.07, 6.45) is -0.470. The van der Waals surface area contributed by atoms with Gasteiger partial charge in [0.2, 0.25) is 5.91 Å². The number of rotatable bonds is 9. The van der Waals surface area contributed by atoms with Crippen molar-refractivity contribution in [1.29, 1.82) is 0 Å². The monoisotopic (exact) mass is 386 g/mol. The summed E-state index contributed by atoms with van der Waals surface area (Å²) in [5.74, 6) is -2.45. The summed E-state index contributed by atoms with van der Waals surface area (Å²) < 4.78 is 5.55. The first-order chi connectivity index (χ1) is 13.3. The Morgan fingerprint density at radius 1 is 0.893 bits per heavy atom. The molecule has 8 nitrogen and oxygen atoms in total. The maximum absolute atomic E-state index is 12.8. The van der Waals surface area contributed by atoms with Gasteiger partial charge in [0.05, 0.1) is 17.2 Å². The highest BCUT2D eigenvalue weighted by molar-refractivity contribution is 5.97. The lowest BCUT2D eigenvalue weighted by Gasteiger charge is -2.25. The third-order valence-electron chi connectivity index (χ3n) is 4.03. The Labute approximate surface area is 162 Å². The molecule has 0 aliphatic rings. The SMILES string of the molecule is CCO[C@H](C)[C@H](Nc1ccc(C(=O)O)cc1)C(=O)Nc1ccc(C(=O)O)cc1. The van der Waals surface area contributed by atoms with Gasteiger partial charge in [0, 0.05) is 18.0 Å². The van der Waals surface area contributed by atoms with Crippen LogP contribution in [0.4, 0.5) is 11.4 Å². The van der Waals surface area contributed by atoms with Crippen molar-refractivity contribution in [3.8, 4) is 0 Å². The second kappa shape index (κ2) is 9.52. The first kappa shape index (κ1) is 20.9. The van der Waals surface area contributed by atoms with Gasteiger partial charge in [-0.15, -0.1) is 0 Å². The Balaban J connectivity index is 2.15. The number of carbonyl (C=O) groups excluding carboxylic acids is 1.